The second-order valence-corrected chi connectivity index (χ2v) is 7.89. The van der Waals surface area contributed by atoms with Crippen LogP contribution in [0.15, 0.2) is 33.9 Å². The fourth-order valence-corrected chi connectivity index (χ4v) is 4.92. The molecule has 0 aliphatic carbocycles. The van der Waals surface area contributed by atoms with E-state index in [1.807, 2.05) is 24.3 Å². The van der Waals surface area contributed by atoms with E-state index in [2.05, 4.69) is 11.0 Å². The zero-order valence-electron chi connectivity index (χ0n) is 16.9. The smallest absolute Gasteiger partial charge is 0.350 e. The van der Waals surface area contributed by atoms with E-state index >= 15 is 0 Å². The highest BCUT2D eigenvalue weighted by atomic mass is 16.5. The van der Waals surface area contributed by atoms with Crippen LogP contribution < -0.4 is 25.9 Å². The highest BCUT2D eigenvalue weighted by Crippen LogP contribution is 2.51. The van der Waals surface area contributed by atoms with Gasteiger partial charge in [-0.25, -0.2) is 4.79 Å². The van der Waals surface area contributed by atoms with Crippen LogP contribution in [0.2, 0.25) is 0 Å². The number of methoxy groups -OCH3 is 1. The maximum Gasteiger partial charge on any atom is 0.350 e. The van der Waals surface area contributed by atoms with Crippen molar-refractivity contribution < 1.29 is 9.47 Å². The van der Waals surface area contributed by atoms with Crippen LogP contribution in [0.3, 0.4) is 0 Å². The molecule has 2 fully saturated rings. The van der Waals surface area contributed by atoms with E-state index in [1.54, 1.807) is 19.2 Å². The molecule has 0 unspecified atom stereocenters. The lowest BCUT2D eigenvalue weighted by Crippen LogP contribution is -2.60. The lowest BCUT2D eigenvalue weighted by atomic mass is 9.88. The Hall–Kier alpha value is -3.25. The van der Waals surface area contributed by atoms with Crippen LogP contribution in [0.25, 0.3) is 0 Å². The Morgan fingerprint density at radius 2 is 1.90 bits per heavy atom. The second-order valence-electron chi connectivity index (χ2n) is 7.89. The summed E-state index contributed by atoms with van der Waals surface area (Å²) in [6, 6.07) is 10.1. The summed E-state index contributed by atoms with van der Waals surface area (Å²) in [5.74, 6) is 0.454. The second kappa shape index (κ2) is 6.92. The number of piperazine rings is 1. The standard InChI is InChI=1S/C21H23N5O4/c1-23-18-16-11-13(12-22)19(30-16)17(18)20(27)26(21(23)28)25-9-7-24(8-10-25)14-5-3-4-6-15(14)29-2/h3-6,13,16,19H,7-11H2,1-2H3/t13-,16+,19-/m1/s1. The number of nitriles is 1. The summed E-state index contributed by atoms with van der Waals surface area (Å²) in [6.45, 7) is 2.33. The van der Waals surface area contributed by atoms with Gasteiger partial charge in [-0.3, -0.25) is 9.36 Å². The van der Waals surface area contributed by atoms with E-state index in [4.69, 9.17) is 9.47 Å². The van der Waals surface area contributed by atoms with Gasteiger partial charge in [0.15, 0.2) is 0 Å². The minimum Gasteiger partial charge on any atom is -0.495 e. The molecule has 3 atom stereocenters. The van der Waals surface area contributed by atoms with Gasteiger partial charge in [0.25, 0.3) is 5.56 Å². The molecule has 2 aromatic rings. The van der Waals surface area contributed by atoms with Crippen molar-refractivity contribution in [2.24, 2.45) is 13.0 Å². The van der Waals surface area contributed by atoms with Crippen molar-refractivity contribution in [1.82, 2.24) is 9.24 Å². The molecular weight excluding hydrogens is 386 g/mol. The van der Waals surface area contributed by atoms with Crippen molar-refractivity contribution in [3.63, 3.8) is 0 Å². The predicted octanol–water partition coefficient (Wildman–Crippen LogP) is 0.670. The van der Waals surface area contributed by atoms with Gasteiger partial charge in [-0.15, -0.1) is 0 Å². The fraction of sp³-hybridized carbons (Fsp3) is 0.476. The number of ether oxygens (including phenoxy) is 2. The molecule has 5 rings (SSSR count). The molecule has 2 saturated heterocycles. The molecular formula is C21H23N5O4. The number of aromatic nitrogens is 2. The number of nitrogens with zero attached hydrogens (tertiary/aromatic N) is 5. The van der Waals surface area contributed by atoms with E-state index < -0.39 is 6.10 Å². The number of rotatable bonds is 3. The summed E-state index contributed by atoms with van der Waals surface area (Å²) in [6.07, 6.45) is -0.366. The number of hydrogen-bond acceptors (Lipinski definition) is 7. The molecule has 156 valence electrons. The number of hydrogen-bond donors (Lipinski definition) is 0. The molecule has 3 aliphatic heterocycles. The molecule has 0 saturated carbocycles. The van der Waals surface area contributed by atoms with E-state index in [0.717, 1.165) is 11.4 Å². The fourth-order valence-electron chi connectivity index (χ4n) is 4.92. The van der Waals surface area contributed by atoms with Crippen LogP contribution in [0.4, 0.5) is 5.69 Å². The first-order chi connectivity index (χ1) is 14.5. The number of para-hydroxylation sites is 2. The molecule has 4 heterocycles. The Kier molecular flexibility index (Phi) is 4.33. The molecule has 0 amide bonds. The minimum absolute atomic E-state index is 0.344. The molecule has 0 spiro atoms. The molecule has 9 nitrogen and oxygen atoms in total. The molecule has 1 aromatic heterocycles. The van der Waals surface area contributed by atoms with Crippen LogP contribution in [-0.4, -0.2) is 42.5 Å². The van der Waals surface area contributed by atoms with E-state index in [1.165, 1.54) is 9.24 Å². The lowest BCUT2D eigenvalue weighted by Gasteiger charge is -2.38. The van der Waals surface area contributed by atoms with Gasteiger partial charge in [0.1, 0.15) is 18.0 Å². The Bertz CT molecular complexity index is 1160. The van der Waals surface area contributed by atoms with Crippen molar-refractivity contribution in [3.8, 4) is 11.8 Å². The van der Waals surface area contributed by atoms with Crippen LogP contribution in [0.1, 0.15) is 29.9 Å². The molecule has 1 aromatic carbocycles. The van der Waals surface area contributed by atoms with Gasteiger partial charge in [0, 0.05) is 20.1 Å². The summed E-state index contributed by atoms with van der Waals surface area (Å²) < 4.78 is 14.1. The lowest BCUT2D eigenvalue weighted by molar-refractivity contribution is 0.0629. The van der Waals surface area contributed by atoms with E-state index in [9.17, 15) is 14.9 Å². The zero-order chi connectivity index (χ0) is 21.0. The molecule has 0 N–H and O–H groups in total. The highest BCUT2D eigenvalue weighted by Gasteiger charge is 2.49. The third-order valence-corrected chi connectivity index (χ3v) is 6.39. The Morgan fingerprint density at radius 3 is 2.60 bits per heavy atom. The van der Waals surface area contributed by atoms with Gasteiger partial charge in [0.2, 0.25) is 0 Å². The predicted molar refractivity (Wildman–Crippen MR) is 109 cm³/mol. The van der Waals surface area contributed by atoms with Crippen molar-refractivity contribution in [2.75, 3.05) is 43.2 Å². The van der Waals surface area contributed by atoms with Crippen LogP contribution >= 0.6 is 0 Å². The number of anilines is 1. The summed E-state index contributed by atoms with van der Waals surface area (Å²) in [4.78, 5) is 28.6. The average Bonchev–Trinajstić information content (AvgIpc) is 3.37. The third kappa shape index (κ3) is 2.57. The molecule has 3 aliphatic rings. The van der Waals surface area contributed by atoms with Crippen molar-refractivity contribution >= 4 is 5.69 Å². The van der Waals surface area contributed by atoms with Gasteiger partial charge in [-0.2, -0.15) is 9.94 Å². The van der Waals surface area contributed by atoms with Gasteiger partial charge in [-0.05, 0) is 18.6 Å². The van der Waals surface area contributed by atoms with E-state index in [0.29, 0.717) is 43.9 Å². The van der Waals surface area contributed by atoms with Gasteiger partial charge >= 0.3 is 5.69 Å². The first kappa shape index (κ1) is 18.8. The maximum atomic E-state index is 13.3. The van der Waals surface area contributed by atoms with Crippen LogP contribution in [0.5, 0.6) is 5.75 Å². The molecule has 9 heteroatoms. The van der Waals surface area contributed by atoms with Gasteiger partial charge in [-0.1, -0.05) is 12.1 Å². The molecule has 30 heavy (non-hydrogen) atoms. The van der Waals surface area contributed by atoms with E-state index in [-0.39, 0.29) is 23.3 Å². The third-order valence-electron chi connectivity index (χ3n) is 6.39. The SMILES string of the molecule is COc1ccccc1N1CCN(n2c(=O)c3c(n(C)c2=O)[C@@H]2C[C@H](C#N)[C@H]3O2)CC1. The van der Waals surface area contributed by atoms with Gasteiger partial charge < -0.3 is 19.4 Å². The average molecular weight is 409 g/mol. The van der Waals surface area contributed by atoms with Crippen LogP contribution in [-0.2, 0) is 11.8 Å². The summed E-state index contributed by atoms with van der Waals surface area (Å²) in [7, 11) is 3.32. The molecule has 2 bridgehead atoms. The first-order valence-corrected chi connectivity index (χ1v) is 10.1. The normalized spacial score (nSPS) is 24.6. The van der Waals surface area contributed by atoms with Crippen molar-refractivity contribution in [2.45, 2.75) is 18.6 Å². The van der Waals surface area contributed by atoms with Crippen molar-refractivity contribution in [3.05, 3.63) is 56.4 Å². The van der Waals surface area contributed by atoms with Gasteiger partial charge in [0.05, 0.1) is 49.1 Å². The van der Waals surface area contributed by atoms with Crippen molar-refractivity contribution in [1.29, 1.82) is 5.26 Å². The summed E-state index contributed by atoms with van der Waals surface area (Å²) in [5.41, 5.74) is 1.37. The Labute approximate surface area is 173 Å². The minimum atomic E-state index is -0.546. The van der Waals surface area contributed by atoms with Crippen LogP contribution in [0, 0.1) is 17.2 Å². The Balaban J connectivity index is 1.47. The topological polar surface area (TPSA) is 92.7 Å². The number of fused-ring (bicyclic) bond motifs is 5. The monoisotopic (exact) mass is 409 g/mol. The summed E-state index contributed by atoms with van der Waals surface area (Å²) >= 11 is 0. The summed E-state index contributed by atoms with van der Waals surface area (Å²) in [5, 5.41) is 11.2. The first-order valence-electron chi connectivity index (χ1n) is 10.1. The molecule has 0 radical (unpaired) electrons. The maximum absolute atomic E-state index is 13.3. The number of benzene rings is 1. The highest BCUT2D eigenvalue weighted by molar-refractivity contribution is 5.59. The zero-order valence-corrected chi connectivity index (χ0v) is 16.9. The largest absolute Gasteiger partial charge is 0.495 e. The quantitative estimate of drug-likeness (QED) is 0.736. The Morgan fingerprint density at radius 1 is 1.17 bits per heavy atom.